The Morgan fingerprint density at radius 3 is 2.29 bits per heavy atom. The normalized spacial score (nSPS) is 10.9. The predicted molar refractivity (Wildman–Crippen MR) is 125 cm³/mol. The number of amides is 1. The lowest BCUT2D eigenvalue weighted by Crippen LogP contribution is -2.15. The summed E-state index contributed by atoms with van der Waals surface area (Å²) in [4.78, 5) is 17.6. The van der Waals surface area contributed by atoms with E-state index in [2.05, 4.69) is 15.4 Å². The van der Waals surface area contributed by atoms with Crippen molar-refractivity contribution in [3.8, 4) is 17.1 Å². The topological polar surface area (TPSA) is 59.8 Å². The van der Waals surface area contributed by atoms with Gasteiger partial charge < -0.3 is 5.32 Å². The SMILES string of the molecule is Cc1ccc(-c2nc(C(=O)Nc3c(C)cccc3Cl)nn2-c2cccc(Cl)c2C)cc1. The van der Waals surface area contributed by atoms with Crippen molar-refractivity contribution in [3.63, 3.8) is 0 Å². The molecule has 4 rings (SSSR count). The molecule has 0 saturated carbocycles. The maximum absolute atomic E-state index is 13.0. The van der Waals surface area contributed by atoms with Gasteiger partial charge >= 0.3 is 0 Å². The number of para-hydroxylation sites is 1. The monoisotopic (exact) mass is 450 g/mol. The largest absolute Gasteiger partial charge is 0.318 e. The van der Waals surface area contributed by atoms with Crippen molar-refractivity contribution < 1.29 is 4.79 Å². The average molecular weight is 451 g/mol. The molecular formula is C24H20Cl2N4O. The molecule has 1 N–H and O–H groups in total. The molecule has 31 heavy (non-hydrogen) atoms. The molecule has 1 heterocycles. The minimum atomic E-state index is -0.442. The van der Waals surface area contributed by atoms with Gasteiger partial charge in [0.15, 0.2) is 5.82 Å². The Kier molecular flexibility index (Phi) is 5.81. The van der Waals surface area contributed by atoms with Crippen LogP contribution >= 0.6 is 23.2 Å². The van der Waals surface area contributed by atoms with Crippen LogP contribution in [0.5, 0.6) is 0 Å². The zero-order valence-corrected chi connectivity index (χ0v) is 18.8. The van der Waals surface area contributed by atoms with E-state index < -0.39 is 5.91 Å². The highest BCUT2D eigenvalue weighted by atomic mass is 35.5. The summed E-state index contributed by atoms with van der Waals surface area (Å²) in [7, 11) is 0. The first-order valence-electron chi connectivity index (χ1n) is 9.71. The zero-order chi connectivity index (χ0) is 22.1. The standard InChI is InChI=1S/C24H20Cl2N4O/c1-14-10-12-17(13-11-14)23-28-22(24(31)27-21-15(2)6-4-8-19(21)26)29-30(23)20-9-5-7-18(25)16(20)3/h4-13H,1-3H3,(H,27,31). The van der Waals surface area contributed by atoms with Gasteiger partial charge in [-0.1, -0.05) is 71.2 Å². The van der Waals surface area contributed by atoms with E-state index in [9.17, 15) is 4.79 Å². The zero-order valence-electron chi connectivity index (χ0n) is 17.3. The second kappa shape index (κ2) is 8.53. The van der Waals surface area contributed by atoms with Crippen LogP contribution in [0.25, 0.3) is 17.1 Å². The number of aryl methyl sites for hydroxylation is 2. The molecule has 4 aromatic rings. The number of aromatic nitrogens is 3. The number of benzene rings is 3. The van der Waals surface area contributed by atoms with Crippen molar-refractivity contribution >= 4 is 34.8 Å². The number of carbonyl (C=O) groups excluding carboxylic acids is 1. The third-order valence-electron chi connectivity index (χ3n) is 5.05. The molecule has 0 bridgehead atoms. The molecule has 0 spiro atoms. The van der Waals surface area contributed by atoms with Crippen LogP contribution in [0.2, 0.25) is 10.0 Å². The van der Waals surface area contributed by atoms with Gasteiger partial charge in [-0.2, -0.15) is 0 Å². The Bertz CT molecular complexity index is 1260. The lowest BCUT2D eigenvalue weighted by Gasteiger charge is -2.10. The summed E-state index contributed by atoms with van der Waals surface area (Å²) in [6, 6.07) is 18.9. The second-order valence-corrected chi connectivity index (χ2v) is 8.12. The van der Waals surface area contributed by atoms with Gasteiger partial charge in [-0.05, 0) is 50.1 Å². The Labute approximate surface area is 190 Å². The van der Waals surface area contributed by atoms with Crippen LogP contribution in [0, 0.1) is 20.8 Å². The maximum atomic E-state index is 13.0. The van der Waals surface area contributed by atoms with E-state index >= 15 is 0 Å². The van der Waals surface area contributed by atoms with Gasteiger partial charge in [0, 0.05) is 10.6 Å². The summed E-state index contributed by atoms with van der Waals surface area (Å²) in [5.74, 6) is 0.142. The predicted octanol–water partition coefficient (Wildman–Crippen LogP) is 6.42. The lowest BCUT2D eigenvalue weighted by atomic mass is 10.1. The first-order valence-corrected chi connectivity index (χ1v) is 10.5. The quantitative estimate of drug-likeness (QED) is 0.390. The third-order valence-corrected chi connectivity index (χ3v) is 5.77. The smallest absolute Gasteiger partial charge is 0.295 e. The molecule has 7 heteroatoms. The number of rotatable bonds is 4. The molecule has 0 radical (unpaired) electrons. The molecule has 0 aliphatic rings. The maximum Gasteiger partial charge on any atom is 0.295 e. The number of hydrogen-bond donors (Lipinski definition) is 1. The Hall–Kier alpha value is -3.15. The van der Waals surface area contributed by atoms with Crippen molar-refractivity contribution in [3.05, 3.63) is 93.2 Å². The number of carbonyl (C=O) groups is 1. The number of nitrogens with one attached hydrogen (secondary N) is 1. The molecule has 0 atom stereocenters. The van der Waals surface area contributed by atoms with Crippen molar-refractivity contribution in [2.75, 3.05) is 5.32 Å². The summed E-state index contributed by atoms with van der Waals surface area (Å²) in [6.07, 6.45) is 0. The van der Waals surface area contributed by atoms with E-state index in [0.29, 0.717) is 21.6 Å². The van der Waals surface area contributed by atoms with E-state index in [0.717, 1.165) is 27.9 Å². The number of halogens is 2. The summed E-state index contributed by atoms with van der Waals surface area (Å²) in [5.41, 5.74) is 4.96. The fourth-order valence-electron chi connectivity index (χ4n) is 3.25. The van der Waals surface area contributed by atoms with Gasteiger partial charge in [0.2, 0.25) is 5.82 Å². The van der Waals surface area contributed by atoms with E-state index in [1.54, 1.807) is 10.7 Å². The summed E-state index contributed by atoms with van der Waals surface area (Å²) < 4.78 is 1.65. The molecule has 0 fully saturated rings. The average Bonchev–Trinajstić information content (AvgIpc) is 3.18. The minimum Gasteiger partial charge on any atom is -0.318 e. The summed E-state index contributed by atoms with van der Waals surface area (Å²) >= 11 is 12.6. The van der Waals surface area contributed by atoms with Gasteiger partial charge in [-0.3, -0.25) is 4.79 Å². The third kappa shape index (κ3) is 4.20. The van der Waals surface area contributed by atoms with Crippen LogP contribution < -0.4 is 5.32 Å². The molecule has 156 valence electrons. The lowest BCUT2D eigenvalue weighted by molar-refractivity contribution is 0.101. The highest BCUT2D eigenvalue weighted by Crippen LogP contribution is 2.28. The molecule has 0 aliphatic carbocycles. The number of nitrogens with zero attached hydrogens (tertiary/aromatic N) is 3. The van der Waals surface area contributed by atoms with Crippen LogP contribution in [-0.2, 0) is 0 Å². The molecule has 5 nitrogen and oxygen atoms in total. The highest BCUT2D eigenvalue weighted by Gasteiger charge is 2.21. The first kappa shape index (κ1) is 21.1. The fraction of sp³-hybridized carbons (Fsp3) is 0.125. The van der Waals surface area contributed by atoms with Gasteiger partial charge in [0.1, 0.15) is 0 Å². The van der Waals surface area contributed by atoms with E-state index in [-0.39, 0.29) is 5.82 Å². The van der Waals surface area contributed by atoms with E-state index in [1.807, 2.05) is 75.4 Å². The van der Waals surface area contributed by atoms with Crippen LogP contribution in [0.15, 0.2) is 60.7 Å². The summed E-state index contributed by atoms with van der Waals surface area (Å²) in [6.45, 7) is 5.80. The van der Waals surface area contributed by atoms with Crippen LogP contribution in [-0.4, -0.2) is 20.7 Å². The van der Waals surface area contributed by atoms with Crippen LogP contribution in [0.3, 0.4) is 0 Å². The molecular weight excluding hydrogens is 431 g/mol. The van der Waals surface area contributed by atoms with Gasteiger partial charge in [-0.25, -0.2) is 9.67 Å². The van der Waals surface area contributed by atoms with Gasteiger partial charge in [-0.15, -0.1) is 5.10 Å². The summed E-state index contributed by atoms with van der Waals surface area (Å²) in [5, 5.41) is 8.43. The van der Waals surface area contributed by atoms with Crippen LogP contribution in [0.4, 0.5) is 5.69 Å². The first-order chi connectivity index (χ1) is 14.8. The minimum absolute atomic E-state index is 0.0364. The highest BCUT2D eigenvalue weighted by molar-refractivity contribution is 6.34. The van der Waals surface area contributed by atoms with Crippen molar-refractivity contribution in [1.82, 2.24) is 14.8 Å². The Balaban J connectivity index is 1.82. The molecule has 3 aromatic carbocycles. The molecule has 1 amide bonds. The Morgan fingerprint density at radius 2 is 1.58 bits per heavy atom. The van der Waals surface area contributed by atoms with Crippen molar-refractivity contribution in [1.29, 1.82) is 0 Å². The van der Waals surface area contributed by atoms with E-state index in [4.69, 9.17) is 23.2 Å². The van der Waals surface area contributed by atoms with Crippen molar-refractivity contribution in [2.24, 2.45) is 0 Å². The van der Waals surface area contributed by atoms with Crippen molar-refractivity contribution in [2.45, 2.75) is 20.8 Å². The number of hydrogen-bond acceptors (Lipinski definition) is 3. The van der Waals surface area contributed by atoms with Gasteiger partial charge in [0.05, 0.1) is 16.4 Å². The van der Waals surface area contributed by atoms with Gasteiger partial charge in [0.25, 0.3) is 5.91 Å². The number of anilines is 1. The molecule has 0 unspecified atom stereocenters. The van der Waals surface area contributed by atoms with Crippen LogP contribution in [0.1, 0.15) is 27.3 Å². The second-order valence-electron chi connectivity index (χ2n) is 7.31. The Morgan fingerprint density at radius 1 is 0.903 bits per heavy atom. The molecule has 0 saturated heterocycles. The molecule has 0 aliphatic heterocycles. The molecule has 1 aromatic heterocycles. The fourth-order valence-corrected chi connectivity index (χ4v) is 3.69. The van der Waals surface area contributed by atoms with E-state index in [1.165, 1.54) is 0 Å².